The third-order valence-electron chi connectivity index (χ3n) is 3.02. The molecule has 1 rings (SSSR count). The number of hydrogen-bond acceptors (Lipinski definition) is 3. The summed E-state index contributed by atoms with van der Waals surface area (Å²) in [6.45, 7) is 6.29. The molecule has 0 bridgehead atoms. The number of aryl methyl sites for hydroxylation is 1. The van der Waals surface area contributed by atoms with Crippen molar-refractivity contribution in [3.05, 3.63) is 29.3 Å². The van der Waals surface area contributed by atoms with E-state index in [0.29, 0.717) is 24.2 Å². The van der Waals surface area contributed by atoms with Crippen LogP contribution < -0.4 is 16.4 Å². The first-order chi connectivity index (χ1) is 9.49. The minimum atomic E-state index is -0.498. The molecule has 110 valence electrons. The molecule has 5 nitrogen and oxygen atoms in total. The number of amides is 2. The number of hydrogen-bond donors (Lipinski definition) is 3. The monoisotopic (exact) mass is 277 g/mol. The van der Waals surface area contributed by atoms with Gasteiger partial charge in [0.1, 0.15) is 0 Å². The molecule has 20 heavy (non-hydrogen) atoms. The van der Waals surface area contributed by atoms with Crippen LogP contribution in [-0.2, 0) is 4.79 Å². The second-order valence-corrected chi connectivity index (χ2v) is 4.77. The summed E-state index contributed by atoms with van der Waals surface area (Å²) in [5, 5.41) is 5.54. The highest BCUT2D eigenvalue weighted by molar-refractivity contribution is 5.97. The number of nitrogens with one attached hydrogen (secondary N) is 2. The average Bonchev–Trinajstić information content (AvgIpc) is 2.41. The molecular weight excluding hydrogens is 254 g/mol. The van der Waals surface area contributed by atoms with Crippen LogP contribution in [0.15, 0.2) is 18.2 Å². The van der Waals surface area contributed by atoms with Crippen LogP contribution in [0.4, 0.5) is 5.69 Å². The van der Waals surface area contributed by atoms with E-state index in [1.165, 1.54) is 0 Å². The zero-order valence-electron chi connectivity index (χ0n) is 12.3. The molecule has 1 aromatic carbocycles. The molecule has 5 heteroatoms. The Morgan fingerprint density at radius 2 is 2.00 bits per heavy atom. The van der Waals surface area contributed by atoms with Crippen molar-refractivity contribution >= 4 is 17.5 Å². The van der Waals surface area contributed by atoms with Gasteiger partial charge in [-0.15, -0.1) is 0 Å². The third-order valence-corrected chi connectivity index (χ3v) is 3.02. The topological polar surface area (TPSA) is 84.2 Å². The summed E-state index contributed by atoms with van der Waals surface area (Å²) in [5.41, 5.74) is 7.88. The molecule has 0 aliphatic rings. The van der Waals surface area contributed by atoms with Crippen molar-refractivity contribution in [1.82, 2.24) is 5.32 Å². The smallest absolute Gasteiger partial charge is 0.251 e. The van der Waals surface area contributed by atoms with E-state index in [-0.39, 0.29) is 11.8 Å². The highest BCUT2D eigenvalue weighted by Crippen LogP contribution is 2.17. The SMILES string of the molecule is CCCC(N)C(=O)Nc1ccc(C(=O)NCC)cc1C. The van der Waals surface area contributed by atoms with Crippen LogP contribution in [-0.4, -0.2) is 24.4 Å². The maximum Gasteiger partial charge on any atom is 0.251 e. The molecule has 0 saturated heterocycles. The third kappa shape index (κ3) is 4.35. The largest absolute Gasteiger partial charge is 0.352 e. The Morgan fingerprint density at radius 3 is 2.55 bits per heavy atom. The first-order valence-corrected chi connectivity index (χ1v) is 6.94. The standard InChI is InChI=1S/C15H23N3O2/c1-4-6-12(16)15(20)18-13-8-7-11(9-10(13)3)14(19)17-5-2/h7-9,12H,4-6,16H2,1-3H3,(H,17,19)(H,18,20). The summed E-state index contributed by atoms with van der Waals surface area (Å²) in [5.74, 6) is -0.308. The van der Waals surface area contributed by atoms with Crippen molar-refractivity contribution in [3.63, 3.8) is 0 Å². The normalized spacial score (nSPS) is 11.8. The van der Waals surface area contributed by atoms with E-state index in [1.807, 2.05) is 20.8 Å². The van der Waals surface area contributed by atoms with Crippen molar-refractivity contribution < 1.29 is 9.59 Å². The molecule has 0 spiro atoms. The molecule has 0 heterocycles. The first-order valence-electron chi connectivity index (χ1n) is 6.94. The van der Waals surface area contributed by atoms with Gasteiger partial charge in [0.15, 0.2) is 0 Å². The lowest BCUT2D eigenvalue weighted by atomic mass is 10.1. The van der Waals surface area contributed by atoms with Gasteiger partial charge in [-0.25, -0.2) is 0 Å². The summed E-state index contributed by atoms with van der Waals surface area (Å²) < 4.78 is 0. The second-order valence-electron chi connectivity index (χ2n) is 4.77. The van der Waals surface area contributed by atoms with E-state index in [2.05, 4.69) is 10.6 Å². The fraction of sp³-hybridized carbons (Fsp3) is 0.467. The maximum atomic E-state index is 11.9. The quantitative estimate of drug-likeness (QED) is 0.741. The van der Waals surface area contributed by atoms with E-state index in [0.717, 1.165) is 12.0 Å². The highest BCUT2D eigenvalue weighted by atomic mass is 16.2. The van der Waals surface area contributed by atoms with E-state index in [9.17, 15) is 9.59 Å². The van der Waals surface area contributed by atoms with E-state index < -0.39 is 6.04 Å². The average molecular weight is 277 g/mol. The van der Waals surface area contributed by atoms with Gasteiger partial charge in [0.05, 0.1) is 6.04 Å². The van der Waals surface area contributed by atoms with Gasteiger partial charge in [-0.1, -0.05) is 13.3 Å². The molecule has 0 aromatic heterocycles. The summed E-state index contributed by atoms with van der Waals surface area (Å²) >= 11 is 0. The molecule has 0 radical (unpaired) electrons. The van der Waals surface area contributed by atoms with Crippen molar-refractivity contribution in [3.8, 4) is 0 Å². The number of rotatable bonds is 6. The minimum Gasteiger partial charge on any atom is -0.352 e. The Bertz CT molecular complexity index is 486. The first kappa shape index (κ1) is 16.2. The molecule has 4 N–H and O–H groups in total. The van der Waals surface area contributed by atoms with Crippen molar-refractivity contribution in [2.45, 2.75) is 39.7 Å². The number of benzene rings is 1. The van der Waals surface area contributed by atoms with Crippen LogP contribution in [0, 0.1) is 6.92 Å². The lowest BCUT2D eigenvalue weighted by Gasteiger charge is -2.13. The van der Waals surface area contributed by atoms with Gasteiger partial charge in [0, 0.05) is 17.8 Å². The van der Waals surface area contributed by atoms with E-state index >= 15 is 0 Å². The molecule has 0 fully saturated rings. The Balaban J connectivity index is 2.78. The van der Waals surface area contributed by atoms with Gasteiger partial charge in [0.2, 0.25) is 5.91 Å². The summed E-state index contributed by atoms with van der Waals surface area (Å²) in [6.07, 6.45) is 1.52. The number of carbonyl (C=O) groups excluding carboxylic acids is 2. The van der Waals surface area contributed by atoms with Crippen LogP contribution in [0.2, 0.25) is 0 Å². The second kappa shape index (κ2) is 7.65. The van der Waals surface area contributed by atoms with Gasteiger partial charge in [-0.3, -0.25) is 9.59 Å². The summed E-state index contributed by atoms with van der Waals surface area (Å²) in [7, 11) is 0. The zero-order chi connectivity index (χ0) is 15.1. The predicted molar refractivity (Wildman–Crippen MR) is 80.7 cm³/mol. The van der Waals surface area contributed by atoms with E-state index in [1.54, 1.807) is 18.2 Å². The minimum absolute atomic E-state index is 0.115. The van der Waals surface area contributed by atoms with E-state index in [4.69, 9.17) is 5.73 Å². The molecule has 0 aliphatic carbocycles. The molecule has 1 aromatic rings. The van der Waals surface area contributed by atoms with Crippen molar-refractivity contribution in [2.24, 2.45) is 5.73 Å². The van der Waals surface area contributed by atoms with Gasteiger partial charge in [-0.2, -0.15) is 0 Å². The molecular formula is C15H23N3O2. The molecule has 2 amide bonds. The van der Waals surface area contributed by atoms with Crippen LogP contribution in [0.3, 0.4) is 0 Å². The molecule has 1 atom stereocenters. The van der Waals surface area contributed by atoms with Gasteiger partial charge in [-0.05, 0) is 44.0 Å². The lowest BCUT2D eigenvalue weighted by Crippen LogP contribution is -2.35. The zero-order valence-corrected chi connectivity index (χ0v) is 12.3. The summed E-state index contributed by atoms with van der Waals surface area (Å²) in [4.78, 5) is 23.6. The number of nitrogens with two attached hydrogens (primary N) is 1. The fourth-order valence-electron chi connectivity index (χ4n) is 1.88. The van der Waals surface area contributed by atoms with Crippen LogP contribution in [0.5, 0.6) is 0 Å². The fourth-order valence-corrected chi connectivity index (χ4v) is 1.88. The molecule has 0 aliphatic heterocycles. The summed E-state index contributed by atoms with van der Waals surface area (Å²) in [6, 6.07) is 4.68. The van der Waals surface area contributed by atoms with Crippen LogP contribution >= 0.6 is 0 Å². The Labute approximate surface area is 119 Å². The maximum absolute atomic E-state index is 11.9. The van der Waals surface area contributed by atoms with Gasteiger partial charge in [0.25, 0.3) is 5.91 Å². The Kier molecular flexibility index (Phi) is 6.18. The van der Waals surface area contributed by atoms with Gasteiger partial charge < -0.3 is 16.4 Å². The van der Waals surface area contributed by atoms with Gasteiger partial charge >= 0.3 is 0 Å². The Morgan fingerprint density at radius 1 is 1.30 bits per heavy atom. The molecule has 1 unspecified atom stereocenters. The molecule has 0 saturated carbocycles. The van der Waals surface area contributed by atoms with Crippen molar-refractivity contribution in [1.29, 1.82) is 0 Å². The highest BCUT2D eigenvalue weighted by Gasteiger charge is 2.14. The van der Waals surface area contributed by atoms with Crippen molar-refractivity contribution in [2.75, 3.05) is 11.9 Å². The van der Waals surface area contributed by atoms with Crippen LogP contribution in [0.1, 0.15) is 42.6 Å². The number of anilines is 1. The van der Waals surface area contributed by atoms with Crippen LogP contribution in [0.25, 0.3) is 0 Å². The Hall–Kier alpha value is -1.88. The predicted octanol–water partition coefficient (Wildman–Crippen LogP) is 1.81. The lowest BCUT2D eigenvalue weighted by molar-refractivity contribution is -0.117. The number of carbonyl (C=O) groups is 2.